The van der Waals surface area contributed by atoms with Crippen molar-refractivity contribution in [3.63, 3.8) is 0 Å². The third kappa shape index (κ3) is 4.38. The predicted octanol–water partition coefficient (Wildman–Crippen LogP) is 1.38. The van der Waals surface area contributed by atoms with Crippen LogP contribution >= 0.6 is 11.6 Å². The number of aryl methyl sites for hydroxylation is 1. The van der Waals surface area contributed by atoms with Crippen LogP contribution in [0.3, 0.4) is 0 Å². The molecule has 2 amide bonds. The molecule has 0 radical (unpaired) electrons. The van der Waals surface area contributed by atoms with Crippen molar-refractivity contribution in [3.05, 3.63) is 35.1 Å². The van der Waals surface area contributed by atoms with Gasteiger partial charge in [0.05, 0.1) is 18.7 Å². The van der Waals surface area contributed by atoms with E-state index in [1.54, 1.807) is 13.0 Å². The first kappa shape index (κ1) is 19.4. The second-order valence-electron chi connectivity index (χ2n) is 4.80. The van der Waals surface area contributed by atoms with E-state index in [1.807, 2.05) is 4.72 Å². The molecule has 1 heterocycles. The van der Waals surface area contributed by atoms with Gasteiger partial charge in [-0.3, -0.25) is 0 Å². The molecule has 0 saturated heterocycles. The van der Waals surface area contributed by atoms with Crippen molar-refractivity contribution in [2.45, 2.75) is 11.8 Å². The molecule has 1 aromatic carbocycles. The van der Waals surface area contributed by atoms with Crippen molar-refractivity contribution >= 4 is 33.6 Å². The van der Waals surface area contributed by atoms with Gasteiger partial charge < -0.3 is 4.74 Å². The molecule has 0 saturated carbocycles. The number of benzene rings is 1. The summed E-state index contributed by atoms with van der Waals surface area (Å²) >= 11 is 5.88. The average Bonchev–Trinajstić information content (AvgIpc) is 2.58. The SMILES string of the molecule is C#CCN(C(=O)NS(=O)(=O)c1ccccc1Cl)c1nc(C)nc(OC)n1. The van der Waals surface area contributed by atoms with E-state index in [1.165, 1.54) is 25.3 Å². The molecule has 0 aliphatic carbocycles. The Labute approximate surface area is 155 Å². The first-order valence-corrected chi connectivity index (χ1v) is 8.93. The van der Waals surface area contributed by atoms with Gasteiger partial charge in [-0.25, -0.2) is 22.8 Å². The Hall–Kier alpha value is -2.90. The van der Waals surface area contributed by atoms with Crippen LogP contribution in [0.5, 0.6) is 6.01 Å². The van der Waals surface area contributed by atoms with Gasteiger partial charge >= 0.3 is 12.0 Å². The number of amides is 2. The number of methoxy groups -OCH3 is 1. The molecule has 0 unspecified atom stereocenters. The normalized spacial score (nSPS) is 10.7. The first-order chi connectivity index (χ1) is 12.3. The van der Waals surface area contributed by atoms with Crippen LogP contribution < -0.4 is 14.4 Å². The summed E-state index contributed by atoms with van der Waals surface area (Å²) in [7, 11) is -2.89. The molecule has 1 N–H and O–H groups in total. The van der Waals surface area contributed by atoms with E-state index < -0.39 is 16.1 Å². The second kappa shape index (κ2) is 7.99. The standard InChI is InChI=1S/C15H14ClN5O4S/c1-4-9-21(13-17-10(2)18-14(19-13)25-3)15(22)20-26(23,24)12-8-6-5-7-11(12)16/h1,5-8H,9H2,2-3H3,(H,20,22). The van der Waals surface area contributed by atoms with Crippen LogP contribution in [0.1, 0.15) is 5.82 Å². The minimum atomic E-state index is -4.23. The molecule has 0 aliphatic heterocycles. The van der Waals surface area contributed by atoms with Crippen molar-refractivity contribution in [1.82, 2.24) is 19.7 Å². The molecule has 0 fully saturated rings. The van der Waals surface area contributed by atoms with Gasteiger partial charge in [0, 0.05) is 0 Å². The van der Waals surface area contributed by atoms with Gasteiger partial charge in [0.2, 0.25) is 5.95 Å². The molecule has 9 nitrogen and oxygen atoms in total. The summed E-state index contributed by atoms with van der Waals surface area (Å²) in [5.74, 6) is 2.35. The number of carbonyl (C=O) groups excluding carboxylic acids is 1. The van der Waals surface area contributed by atoms with Crippen LogP contribution in [0.2, 0.25) is 5.02 Å². The summed E-state index contributed by atoms with van der Waals surface area (Å²) in [6.45, 7) is 1.27. The number of rotatable bonds is 5. The van der Waals surface area contributed by atoms with Crippen LogP contribution in [0, 0.1) is 19.3 Å². The number of hydrogen-bond donors (Lipinski definition) is 1. The largest absolute Gasteiger partial charge is 0.467 e. The molecule has 11 heteroatoms. The molecule has 0 spiro atoms. The van der Waals surface area contributed by atoms with Crippen LogP contribution in [0.4, 0.5) is 10.7 Å². The third-order valence-electron chi connectivity index (χ3n) is 2.98. The highest BCUT2D eigenvalue weighted by atomic mass is 35.5. The maximum absolute atomic E-state index is 12.5. The lowest BCUT2D eigenvalue weighted by atomic mass is 10.4. The zero-order valence-electron chi connectivity index (χ0n) is 13.8. The lowest BCUT2D eigenvalue weighted by Gasteiger charge is -2.19. The van der Waals surface area contributed by atoms with Gasteiger partial charge in [-0.15, -0.1) is 6.42 Å². The zero-order chi connectivity index (χ0) is 19.3. The number of ether oxygens (including phenoxy) is 1. The number of sulfonamides is 1. The smallest absolute Gasteiger partial charge is 0.339 e. The minimum absolute atomic E-state index is 0.0334. The Morgan fingerprint density at radius 1 is 1.35 bits per heavy atom. The molecule has 2 rings (SSSR count). The number of halogens is 1. The van der Waals surface area contributed by atoms with Crippen LogP contribution in [-0.2, 0) is 10.0 Å². The Balaban J connectivity index is 2.37. The van der Waals surface area contributed by atoms with E-state index in [-0.39, 0.29) is 34.2 Å². The van der Waals surface area contributed by atoms with Crippen LogP contribution in [-0.4, -0.2) is 43.1 Å². The van der Waals surface area contributed by atoms with E-state index in [2.05, 4.69) is 20.9 Å². The molecule has 136 valence electrons. The Morgan fingerprint density at radius 3 is 2.65 bits per heavy atom. The second-order valence-corrected chi connectivity index (χ2v) is 6.86. The van der Waals surface area contributed by atoms with Crippen LogP contribution in [0.25, 0.3) is 0 Å². The third-order valence-corrected chi connectivity index (χ3v) is 4.80. The van der Waals surface area contributed by atoms with Crippen LogP contribution in [0.15, 0.2) is 29.2 Å². The molecule has 1 aromatic heterocycles. The molecule has 26 heavy (non-hydrogen) atoms. The lowest BCUT2D eigenvalue weighted by molar-refractivity contribution is 0.251. The maximum atomic E-state index is 12.5. The summed E-state index contributed by atoms with van der Waals surface area (Å²) < 4.78 is 31.7. The zero-order valence-corrected chi connectivity index (χ0v) is 15.4. The fourth-order valence-electron chi connectivity index (χ4n) is 1.87. The van der Waals surface area contributed by atoms with Gasteiger partial charge in [-0.2, -0.15) is 15.0 Å². The highest BCUT2D eigenvalue weighted by molar-refractivity contribution is 7.90. The van der Waals surface area contributed by atoms with Crippen molar-refractivity contribution in [2.24, 2.45) is 0 Å². The molecule has 0 bridgehead atoms. The van der Waals surface area contributed by atoms with E-state index in [0.717, 1.165) is 4.90 Å². The first-order valence-electron chi connectivity index (χ1n) is 7.07. The molecular formula is C15H14ClN5O4S. The quantitative estimate of drug-likeness (QED) is 0.760. The summed E-state index contributed by atoms with van der Waals surface area (Å²) in [6.07, 6.45) is 5.27. The highest BCUT2D eigenvalue weighted by Gasteiger charge is 2.26. The van der Waals surface area contributed by atoms with E-state index >= 15 is 0 Å². The van der Waals surface area contributed by atoms with Crippen molar-refractivity contribution in [1.29, 1.82) is 0 Å². The number of terminal acetylenes is 1. The average molecular weight is 396 g/mol. The minimum Gasteiger partial charge on any atom is -0.467 e. The molecular weight excluding hydrogens is 382 g/mol. The molecule has 0 aliphatic rings. The number of nitrogens with zero attached hydrogens (tertiary/aromatic N) is 4. The van der Waals surface area contributed by atoms with Gasteiger partial charge in [0.15, 0.2) is 0 Å². The Bertz CT molecular complexity index is 974. The van der Waals surface area contributed by atoms with Crippen molar-refractivity contribution < 1.29 is 17.9 Å². The summed E-state index contributed by atoms with van der Waals surface area (Å²) in [6, 6.07) is 4.60. The monoisotopic (exact) mass is 395 g/mol. The summed E-state index contributed by atoms with van der Waals surface area (Å²) in [5.41, 5.74) is 0. The van der Waals surface area contributed by atoms with Gasteiger partial charge in [-0.05, 0) is 19.1 Å². The van der Waals surface area contributed by atoms with Gasteiger partial charge in [0.25, 0.3) is 10.0 Å². The Morgan fingerprint density at radius 2 is 2.04 bits per heavy atom. The topological polar surface area (TPSA) is 114 Å². The highest BCUT2D eigenvalue weighted by Crippen LogP contribution is 2.20. The predicted molar refractivity (Wildman–Crippen MR) is 94.5 cm³/mol. The van der Waals surface area contributed by atoms with Gasteiger partial charge in [0.1, 0.15) is 10.7 Å². The summed E-state index contributed by atoms with van der Waals surface area (Å²) in [4.78, 5) is 24.9. The maximum Gasteiger partial charge on any atom is 0.339 e. The lowest BCUT2D eigenvalue weighted by Crippen LogP contribution is -2.44. The van der Waals surface area contributed by atoms with Crippen molar-refractivity contribution in [2.75, 3.05) is 18.6 Å². The van der Waals surface area contributed by atoms with E-state index in [9.17, 15) is 13.2 Å². The van der Waals surface area contributed by atoms with Gasteiger partial charge in [-0.1, -0.05) is 29.7 Å². The fraction of sp³-hybridized carbons (Fsp3) is 0.200. The number of urea groups is 1. The number of aromatic nitrogens is 3. The summed E-state index contributed by atoms with van der Waals surface area (Å²) in [5, 5.41) is -0.0334. The fourth-order valence-corrected chi connectivity index (χ4v) is 3.34. The van der Waals surface area contributed by atoms with E-state index in [0.29, 0.717) is 0 Å². The number of carbonyl (C=O) groups is 1. The van der Waals surface area contributed by atoms with Crippen molar-refractivity contribution in [3.8, 4) is 18.4 Å². The van der Waals surface area contributed by atoms with E-state index in [4.69, 9.17) is 22.8 Å². The number of nitrogens with one attached hydrogen (secondary N) is 1. The number of hydrogen-bond acceptors (Lipinski definition) is 7. The number of anilines is 1. The molecule has 2 aromatic rings. The molecule has 0 atom stereocenters. The Kier molecular flexibility index (Phi) is 5.97.